The Kier molecular flexibility index (Phi) is 9.02. The molecule has 0 radical (unpaired) electrons. The van der Waals surface area contributed by atoms with Crippen molar-refractivity contribution in [1.29, 1.82) is 0 Å². The van der Waals surface area contributed by atoms with E-state index >= 15 is 0 Å². The van der Waals surface area contributed by atoms with Gasteiger partial charge in [-0.15, -0.1) is 0 Å². The minimum absolute atomic E-state index is 0.0758. The van der Waals surface area contributed by atoms with Crippen LogP contribution in [0.25, 0.3) is 11.1 Å². The van der Waals surface area contributed by atoms with E-state index in [-0.39, 0.29) is 29.2 Å². The van der Waals surface area contributed by atoms with Gasteiger partial charge in [-0.05, 0) is 72.8 Å². The van der Waals surface area contributed by atoms with E-state index in [1.54, 1.807) is 42.6 Å². The minimum atomic E-state index is -4.55. The number of hydrogen-bond donors (Lipinski definition) is 2. The maximum Gasteiger partial charge on any atom is 0.416 e. The fourth-order valence-electron chi connectivity index (χ4n) is 4.73. The molecule has 1 aliphatic heterocycles. The van der Waals surface area contributed by atoms with Gasteiger partial charge in [-0.1, -0.05) is 41.6 Å². The smallest absolute Gasteiger partial charge is 0.383 e. The first-order valence-corrected chi connectivity index (χ1v) is 14.0. The summed E-state index contributed by atoms with van der Waals surface area (Å²) in [4.78, 5) is 21.3. The SMILES string of the molecule is CN1CCN(Cc2ccc(NC(=O)c3ccc(C#Cc4cc(-c5ccc(Cl)cc5)cnc4N)cc3)cc2C(F)(F)F)CC1. The topological polar surface area (TPSA) is 74.5 Å². The number of carbonyl (C=O) groups is 1. The summed E-state index contributed by atoms with van der Waals surface area (Å²) >= 11 is 5.98. The van der Waals surface area contributed by atoms with E-state index < -0.39 is 17.6 Å². The minimum Gasteiger partial charge on any atom is -0.383 e. The summed E-state index contributed by atoms with van der Waals surface area (Å²) in [7, 11) is 1.99. The van der Waals surface area contributed by atoms with Crippen LogP contribution in [0.5, 0.6) is 0 Å². The number of nitrogens with one attached hydrogen (secondary N) is 1. The van der Waals surface area contributed by atoms with Crippen LogP contribution in [-0.2, 0) is 12.7 Å². The Balaban J connectivity index is 1.27. The average molecular weight is 604 g/mol. The molecule has 1 fully saturated rings. The van der Waals surface area contributed by atoms with Crippen LogP contribution in [0.4, 0.5) is 24.7 Å². The Morgan fingerprint density at radius 3 is 2.33 bits per heavy atom. The zero-order valence-corrected chi connectivity index (χ0v) is 24.1. The first kappa shape index (κ1) is 30.1. The number of amides is 1. The molecule has 1 saturated heterocycles. The maximum absolute atomic E-state index is 13.9. The number of piperazine rings is 1. The highest BCUT2D eigenvalue weighted by Gasteiger charge is 2.34. The molecule has 0 atom stereocenters. The lowest BCUT2D eigenvalue weighted by atomic mass is 10.0. The lowest BCUT2D eigenvalue weighted by Gasteiger charge is -2.33. The molecule has 43 heavy (non-hydrogen) atoms. The zero-order valence-electron chi connectivity index (χ0n) is 23.4. The molecule has 1 amide bonds. The van der Waals surface area contributed by atoms with Gasteiger partial charge in [0.1, 0.15) is 5.82 Å². The van der Waals surface area contributed by atoms with Gasteiger partial charge in [-0.2, -0.15) is 13.2 Å². The Labute approximate surface area is 253 Å². The van der Waals surface area contributed by atoms with Crippen LogP contribution in [0.15, 0.2) is 79.0 Å². The summed E-state index contributed by atoms with van der Waals surface area (Å²) < 4.78 is 41.8. The summed E-state index contributed by atoms with van der Waals surface area (Å²) in [6.07, 6.45) is -2.88. The summed E-state index contributed by atoms with van der Waals surface area (Å²) in [5, 5.41) is 3.22. The number of pyridine rings is 1. The van der Waals surface area contributed by atoms with Gasteiger partial charge in [0.2, 0.25) is 0 Å². The number of nitrogens with two attached hydrogens (primary N) is 1. The first-order valence-electron chi connectivity index (χ1n) is 13.6. The number of halogens is 4. The Bertz CT molecular complexity index is 1670. The Morgan fingerprint density at radius 2 is 1.65 bits per heavy atom. The molecule has 0 spiro atoms. The third kappa shape index (κ3) is 7.73. The second kappa shape index (κ2) is 12.9. The molecule has 220 valence electrons. The molecule has 1 aromatic heterocycles. The predicted octanol–water partition coefficient (Wildman–Crippen LogP) is 6.40. The molecule has 5 rings (SSSR count). The number of rotatable bonds is 5. The van der Waals surface area contributed by atoms with Gasteiger partial charge in [-0.3, -0.25) is 9.69 Å². The largest absolute Gasteiger partial charge is 0.416 e. The zero-order chi connectivity index (χ0) is 30.6. The van der Waals surface area contributed by atoms with Crippen molar-refractivity contribution in [2.45, 2.75) is 12.7 Å². The number of likely N-dealkylation sites (N-methyl/N-ethyl adjacent to an activating group) is 1. The molecular formula is C33H29ClF3N5O. The molecule has 2 heterocycles. The molecule has 0 unspecified atom stereocenters. The Hall–Kier alpha value is -4.36. The number of alkyl halides is 3. The number of benzene rings is 3. The standard InChI is InChI=1S/C33H29ClF3N5O/c1-41-14-16-42(17-15-41)21-26-10-13-29(19-30(26)33(35,36)37)40-32(43)24-5-2-22(3-6-24)4-7-25-18-27(20-39-31(25)38)23-8-11-28(34)12-9-23/h2-3,5-6,8-13,18-20H,14-17,21H2,1H3,(H2,38,39)(H,40,43). The van der Waals surface area contributed by atoms with Crippen LogP contribution in [0.1, 0.15) is 32.6 Å². The van der Waals surface area contributed by atoms with Crippen LogP contribution < -0.4 is 11.1 Å². The van der Waals surface area contributed by atoms with Crippen LogP contribution >= 0.6 is 11.6 Å². The number of carbonyl (C=O) groups excluding carboxylic acids is 1. The van der Waals surface area contributed by atoms with Crippen molar-refractivity contribution in [1.82, 2.24) is 14.8 Å². The van der Waals surface area contributed by atoms with Crippen LogP contribution in [-0.4, -0.2) is 53.9 Å². The lowest BCUT2D eigenvalue weighted by molar-refractivity contribution is -0.138. The Morgan fingerprint density at radius 1 is 0.953 bits per heavy atom. The van der Waals surface area contributed by atoms with Gasteiger partial charge in [0.25, 0.3) is 5.91 Å². The summed E-state index contributed by atoms with van der Waals surface area (Å²) in [5.41, 5.74) is 8.76. The van der Waals surface area contributed by atoms with Gasteiger partial charge in [0.05, 0.1) is 11.1 Å². The van der Waals surface area contributed by atoms with Gasteiger partial charge in [-0.25, -0.2) is 4.98 Å². The molecule has 6 nitrogen and oxygen atoms in total. The van der Waals surface area contributed by atoms with Crippen LogP contribution in [0.3, 0.4) is 0 Å². The summed E-state index contributed by atoms with van der Waals surface area (Å²) in [6, 6.07) is 19.6. The van der Waals surface area contributed by atoms with E-state index in [1.165, 1.54) is 12.1 Å². The lowest BCUT2D eigenvalue weighted by Crippen LogP contribution is -2.44. The normalized spacial score (nSPS) is 14.2. The highest BCUT2D eigenvalue weighted by Crippen LogP contribution is 2.35. The van der Waals surface area contributed by atoms with E-state index in [2.05, 4.69) is 27.0 Å². The van der Waals surface area contributed by atoms with Crippen molar-refractivity contribution in [3.63, 3.8) is 0 Å². The van der Waals surface area contributed by atoms with Crippen LogP contribution in [0.2, 0.25) is 5.02 Å². The van der Waals surface area contributed by atoms with Crippen LogP contribution in [0, 0.1) is 11.8 Å². The van der Waals surface area contributed by atoms with Gasteiger partial charge in [0.15, 0.2) is 0 Å². The van der Waals surface area contributed by atoms with Crippen molar-refractivity contribution in [3.8, 4) is 23.0 Å². The van der Waals surface area contributed by atoms with E-state index in [0.29, 0.717) is 29.2 Å². The highest BCUT2D eigenvalue weighted by molar-refractivity contribution is 6.30. The highest BCUT2D eigenvalue weighted by atomic mass is 35.5. The van der Waals surface area contributed by atoms with E-state index in [9.17, 15) is 18.0 Å². The molecule has 10 heteroatoms. The third-order valence-corrected chi connectivity index (χ3v) is 7.50. The predicted molar refractivity (Wildman–Crippen MR) is 164 cm³/mol. The second-order valence-electron chi connectivity index (χ2n) is 10.4. The molecule has 4 aromatic rings. The molecule has 1 aliphatic rings. The fourth-order valence-corrected chi connectivity index (χ4v) is 4.85. The van der Waals surface area contributed by atoms with E-state index in [0.717, 1.165) is 30.3 Å². The second-order valence-corrected chi connectivity index (χ2v) is 10.8. The number of aromatic nitrogens is 1. The quantitative estimate of drug-likeness (QED) is 0.258. The molecule has 3 N–H and O–H groups in total. The number of hydrogen-bond acceptors (Lipinski definition) is 5. The monoisotopic (exact) mass is 603 g/mol. The molecule has 0 saturated carbocycles. The van der Waals surface area contributed by atoms with Crippen molar-refractivity contribution < 1.29 is 18.0 Å². The number of anilines is 2. The van der Waals surface area contributed by atoms with E-state index in [1.807, 2.05) is 30.1 Å². The third-order valence-electron chi connectivity index (χ3n) is 7.25. The first-order chi connectivity index (χ1) is 20.5. The summed E-state index contributed by atoms with van der Waals surface area (Å²) in [6.45, 7) is 3.22. The number of nitrogens with zero attached hydrogens (tertiary/aromatic N) is 3. The van der Waals surface area contributed by atoms with Crippen molar-refractivity contribution in [3.05, 3.63) is 112 Å². The molecule has 3 aromatic carbocycles. The van der Waals surface area contributed by atoms with Gasteiger partial charge < -0.3 is 16.0 Å². The molecule has 0 aliphatic carbocycles. The van der Waals surface area contributed by atoms with Gasteiger partial charge >= 0.3 is 6.18 Å². The average Bonchev–Trinajstić information content (AvgIpc) is 2.99. The van der Waals surface area contributed by atoms with Crippen molar-refractivity contribution >= 4 is 29.0 Å². The van der Waals surface area contributed by atoms with E-state index in [4.69, 9.17) is 17.3 Å². The molecule has 0 bridgehead atoms. The number of nitrogen functional groups attached to an aromatic ring is 1. The van der Waals surface area contributed by atoms with Crippen molar-refractivity contribution in [2.75, 3.05) is 44.3 Å². The summed E-state index contributed by atoms with van der Waals surface area (Å²) in [5.74, 6) is 5.80. The fraction of sp³-hybridized carbons (Fsp3) is 0.212. The van der Waals surface area contributed by atoms with Gasteiger partial charge in [0, 0.05) is 66.3 Å². The molecular weight excluding hydrogens is 575 g/mol. The van der Waals surface area contributed by atoms with Crippen molar-refractivity contribution in [2.24, 2.45) is 0 Å². The maximum atomic E-state index is 13.9.